The number of pyridine rings is 1. The second-order valence-corrected chi connectivity index (χ2v) is 6.66. The van der Waals surface area contributed by atoms with Gasteiger partial charge in [0.15, 0.2) is 6.61 Å². The van der Waals surface area contributed by atoms with Crippen LogP contribution in [0, 0.1) is 11.3 Å². The Morgan fingerprint density at radius 3 is 2.71 bits per heavy atom. The van der Waals surface area contributed by atoms with Gasteiger partial charge in [0.05, 0.1) is 17.2 Å². The van der Waals surface area contributed by atoms with Crippen LogP contribution in [0.3, 0.4) is 0 Å². The third-order valence-electron chi connectivity index (χ3n) is 4.90. The van der Waals surface area contributed by atoms with Gasteiger partial charge >= 0.3 is 0 Å². The SMILES string of the molecule is N#CCOc1ccc(/C=C2\CCCc3c2nc2ccccc2c3C(=O)[O-])cc1. The average molecular weight is 369 g/mol. The number of aromatic carboxylic acids is 1. The first-order valence-corrected chi connectivity index (χ1v) is 9.11. The summed E-state index contributed by atoms with van der Waals surface area (Å²) in [6.45, 7) is 0.0107. The fraction of sp³-hybridized carbons (Fsp3) is 0.174. The van der Waals surface area contributed by atoms with Gasteiger partial charge in [-0.15, -0.1) is 0 Å². The number of ether oxygens (including phenoxy) is 1. The number of carbonyl (C=O) groups is 1. The molecular formula is C23H17N2O3-. The van der Waals surface area contributed by atoms with Crippen molar-refractivity contribution in [3.8, 4) is 11.8 Å². The molecule has 0 aliphatic heterocycles. The topological polar surface area (TPSA) is 86.0 Å². The molecule has 1 heterocycles. The van der Waals surface area contributed by atoms with E-state index in [1.807, 2.05) is 54.6 Å². The summed E-state index contributed by atoms with van der Waals surface area (Å²) < 4.78 is 5.28. The van der Waals surface area contributed by atoms with Gasteiger partial charge in [0.1, 0.15) is 11.8 Å². The third kappa shape index (κ3) is 3.33. The van der Waals surface area contributed by atoms with Crippen molar-refractivity contribution < 1.29 is 14.6 Å². The number of para-hydroxylation sites is 1. The highest BCUT2D eigenvalue weighted by Gasteiger charge is 2.22. The van der Waals surface area contributed by atoms with Crippen LogP contribution in [0.1, 0.15) is 40.0 Å². The van der Waals surface area contributed by atoms with Gasteiger partial charge in [0.25, 0.3) is 0 Å². The predicted molar refractivity (Wildman–Crippen MR) is 104 cm³/mol. The fourth-order valence-electron chi connectivity index (χ4n) is 3.69. The van der Waals surface area contributed by atoms with Crippen LogP contribution in [0.4, 0.5) is 0 Å². The van der Waals surface area contributed by atoms with Crippen molar-refractivity contribution in [3.63, 3.8) is 0 Å². The van der Waals surface area contributed by atoms with Gasteiger partial charge < -0.3 is 14.6 Å². The maximum absolute atomic E-state index is 11.9. The molecule has 2 aromatic carbocycles. The molecule has 0 spiro atoms. The number of carboxylic acid groups (broad SMARTS) is 1. The Kier molecular flexibility index (Phi) is 4.77. The second-order valence-electron chi connectivity index (χ2n) is 6.66. The van der Waals surface area contributed by atoms with Crippen LogP contribution in [0.25, 0.3) is 22.6 Å². The van der Waals surface area contributed by atoms with Crippen molar-refractivity contribution in [1.29, 1.82) is 5.26 Å². The number of benzene rings is 2. The number of fused-ring (bicyclic) bond motifs is 2. The molecule has 0 atom stereocenters. The van der Waals surface area contributed by atoms with E-state index in [0.717, 1.165) is 35.2 Å². The summed E-state index contributed by atoms with van der Waals surface area (Å²) >= 11 is 0. The Bertz CT molecular complexity index is 1130. The van der Waals surface area contributed by atoms with E-state index >= 15 is 0 Å². The molecule has 138 valence electrons. The molecule has 0 amide bonds. The normalized spacial score (nSPS) is 14.5. The minimum absolute atomic E-state index is 0.0107. The zero-order valence-electron chi connectivity index (χ0n) is 15.1. The molecule has 1 aliphatic rings. The Labute approximate surface area is 162 Å². The molecule has 1 aromatic heterocycles. The molecule has 5 nitrogen and oxygen atoms in total. The maximum Gasteiger partial charge on any atom is 0.174 e. The van der Waals surface area contributed by atoms with Crippen LogP contribution < -0.4 is 9.84 Å². The standard InChI is InChI=1S/C23H18N2O3/c24-12-13-28-17-10-8-15(9-11-17)14-16-4-3-6-19-21(23(26)27)18-5-1-2-7-20(18)25-22(16)19/h1-2,5,7-11,14H,3-4,6,13H2,(H,26,27)/p-1/b16-14+. The molecule has 1 aliphatic carbocycles. The minimum atomic E-state index is -1.16. The van der Waals surface area contributed by atoms with E-state index in [2.05, 4.69) is 0 Å². The van der Waals surface area contributed by atoms with E-state index in [9.17, 15) is 9.90 Å². The lowest BCUT2D eigenvalue weighted by atomic mass is 9.86. The summed E-state index contributed by atoms with van der Waals surface area (Å²) in [6.07, 6.45) is 4.40. The molecule has 3 aromatic rings. The highest BCUT2D eigenvalue weighted by molar-refractivity contribution is 6.05. The molecule has 0 saturated heterocycles. The van der Waals surface area contributed by atoms with Crippen molar-refractivity contribution in [1.82, 2.24) is 4.98 Å². The zero-order valence-corrected chi connectivity index (χ0v) is 15.1. The van der Waals surface area contributed by atoms with Crippen LogP contribution in [0.2, 0.25) is 0 Å². The zero-order chi connectivity index (χ0) is 19.5. The lowest BCUT2D eigenvalue weighted by molar-refractivity contribution is -0.254. The summed E-state index contributed by atoms with van der Waals surface area (Å²) in [4.78, 5) is 16.7. The van der Waals surface area contributed by atoms with Crippen LogP contribution in [-0.4, -0.2) is 17.6 Å². The van der Waals surface area contributed by atoms with Gasteiger partial charge in [-0.05, 0) is 60.2 Å². The van der Waals surface area contributed by atoms with Crippen LogP contribution >= 0.6 is 0 Å². The predicted octanol–water partition coefficient (Wildman–Crippen LogP) is 3.38. The number of aromatic nitrogens is 1. The molecule has 0 saturated carbocycles. The quantitative estimate of drug-likeness (QED) is 0.704. The lowest BCUT2D eigenvalue weighted by Crippen LogP contribution is -2.26. The van der Waals surface area contributed by atoms with E-state index in [-0.39, 0.29) is 12.2 Å². The summed E-state index contributed by atoms with van der Waals surface area (Å²) in [5, 5.41) is 21.1. The molecule has 5 heteroatoms. The summed E-state index contributed by atoms with van der Waals surface area (Å²) in [6, 6.07) is 16.7. The van der Waals surface area contributed by atoms with Gasteiger partial charge in [0, 0.05) is 10.9 Å². The van der Waals surface area contributed by atoms with E-state index < -0.39 is 5.97 Å². The number of nitriles is 1. The molecule has 0 N–H and O–H groups in total. The highest BCUT2D eigenvalue weighted by Crippen LogP contribution is 2.36. The Morgan fingerprint density at radius 1 is 1.18 bits per heavy atom. The maximum atomic E-state index is 11.9. The highest BCUT2D eigenvalue weighted by atomic mass is 16.5. The molecule has 28 heavy (non-hydrogen) atoms. The number of nitrogens with zero attached hydrogens (tertiary/aromatic N) is 2. The van der Waals surface area contributed by atoms with Gasteiger partial charge in [-0.1, -0.05) is 30.3 Å². The summed E-state index contributed by atoms with van der Waals surface area (Å²) in [5.74, 6) is -0.522. The average Bonchev–Trinajstić information content (AvgIpc) is 2.71. The molecule has 0 fully saturated rings. The van der Waals surface area contributed by atoms with Crippen molar-refractivity contribution in [2.45, 2.75) is 19.3 Å². The number of rotatable bonds is 4. The van der Waals surface area contributed by atoms with Crippen LogP contribution in [0.15, 0.2) is 48.5 Å². The van der Waals surface area contributed by atoms with Crippen molar-refractivity contribution in [2.24, 2.45) is 0 Å². The first-order valence-electron chi connectivity index (χ1n) is 9.11. The van der Waals surface area contributed by atoms with Gasteiger partial charge in [0.2, 0.25) is 0 Å². The Hall–Kier alpha value is -3.65. The van der Waals surface area contributed by atoms with Crippen LogP contribution in [0.5, 0.6) is 5.75 Å². The fourth-order valence-corrected chi connectivity index (χ4v) is 3.69. The number of hydrogen-bond donors (Lipinski definition) is 0. The molecule has 0 unspecified atom stereocenters. The first kappa shape index (κ1) is 17.7. The van der Waals surface area contributed by atoms with Crippen molar-refractivity contribution in [2.75, 3.05) is 6.61 Å². The largest absolute Gasteiger partial charge is 0.545 e. The monoisotopic (exact) mass is 369 g/mol. The number of carbonyl (C=O) groups excluding carboxylic acids is 1. The third-order valence-corrected chi connectivity index (χ3v) is 4.90. The van der Waals surface area contributed by atoms with Crippen molar-refractivity contribution in [3.05, 3.63) is 70.9 Å². The number of allylic oxidation sites excluding steroid dienone is 1. The van der Waals surface area contributed by atoms with Crippen LogP contribution in [-0.2, 0) is 6.42 Å². The molecular weight excluding hydrogens is 352 g/mol. The van der Waals surface area contributed by atoms with E-state index in [1.165, 1.54) is 0 Å². The number of hydrogen-bond acceptors (Lipinski definition) is 5. The lowest BCUT2D eigenvalue weighted by Gasteiger charge is -2.23. The van der Waals surface area contributed by atoms with Gasteiger partial charge in [-0.3, -0.25) is 0 Å². The summed E-state index contributed by atoms with van der Waals surface area (Å²) in [7, 11) is 0. The Balaban J connectivity index is 1.79. The number of carboxylic acids is 1. The van der Waals surface area contributed by atoms with E-state index in [4.69, 9.17) is 15.0 Å². The molecule has 0 radical (unpaired) electrons. The molecule has 4 rings (SSSR count). The molecule has 0 bridgehead atoms. The van der Waals surface area contributed by atoms with Crippen molar-refractivity contribution >= 4 is 28.5 Å². The first-order chi connectivity index (χ1) is 13.7. The summed E-state index contributed by atoms with van der Waals surface area (Å²) in [5.41, 5.74) is 4.40. The van der Waals surface area contributed by atoms with E-state index in [0.29, 0.717) is 23.1 Å². The Morgan fingerprint density at radius 2 is 1.96 bits per heavy atom. The minimum Gasteiger partial charge on any atom is -0.545 e. The second kappa shape index (κ2) is 7.53. The van der Waals surface area contributed by atoms with Gasteiger partial charge in [-0.25, -0.2) is 4.98 Å². The van der Waals surface area contributed by atoms with E-state index in [1.54, 1.807) is 6.07 Å². The van der Waals surface area contributed by atoms with Gasteiger partial charge in [-0.2, -0.15) is 5.26 Å². The smallest absolute Gasteiger partial charge is 0.174 e.